The molecule has 1 aliphatic carbocycles. The van der Waals surface area contributed by atoms with Crippen LogP contribution < -0.4 is 5.32 Å². The van der Waals surface area contributed by atoms with E-state index >= 15 is 0 Å². The standard InChI is InChI=1S/C16H21N3O/c1-19-16(11-14(18-19)7-8-20-2)17-15-9-12-5-3-4-6-13(12)10-15/h3-6,11,15,17H,7-10H2,1-2H3. The maximum atomic E-state index is 5.10. The Bertz CT molecular complexity index is 566. The van der Waals surface area contributed by atoms with Crippen LogP contribution in [0.15, 0.2) is 30.3 Å². The van der Waals surface area contributed by atoms with Gasteiger partial charge in [-0.25, -0.2) is 0 Å². The van der Waals surface area contributed by atoms with Crippen molar-refractivity contribution in [3.63, 3.8) is 0 Å². The van der Waals surface area contributed by atoms with E-state index in [-0.39, 0.29) is 0 Å². The molecule has 2 aromatic rings. The van der Waals surface area contributed by atoms with Crippen LogP contribution in [0.4, 0.5) is 5.82 Å². The number of fused-ring (bicyclic) bond motifs is 1. The van der Waals surface area contributed by atoms with E-state index in [4.69, 9.17) is 4.74 Å². The highest BCUT2D eigenvalue weighted by Gasteiger charge is 2.21. The number of hydrogen-bond donors (Lipinski definition) is 1. The highest BCUT2D eigenvalue weighted by molar-refractivity contribution is 5.42. The van der Waals surface area contributed by atoms with Gasteiger partial charge in [0.1, 0.15) is 5.82 Å². The molecule has 0 radical (unpaired) electrons. The summed E-state index contributed by atoms with van der Waals surface area (Å²) in [6, 6.07) is 11.3. The van der Waals surface area contributed by atoms with Gasteiger partial charge < -0.3 is 10.1 Å². The van der Waals surface area contributed by atoms with E-state index in [1.54, 1.807) is 7.11 Å². The third kappa shape index (κ3) is 2.70. The van der Waals surface area contributed by atoms with Gasteiger partial charge in [0.15, 0.2) is 0 Å². The zero-order valence-electron chi connectivity index (χ0n) is 12.1. The first-order chi connectivity index (χ1) is 9.76. The third-order valence-electron chi connectivity index (χ3n) is 3.90. The summed E-state index contributed by atoms with van der Waals surface area (Å²) in [5, 5.41) is 8.13. The number of rotatable bonds is 5. The van der Waals surface area contributed by atoms with Gasteiger partial charge >= 0.3 is 0 Å². The largest absolute Gasteiger partial charge is 0.384 e. The van der Waals surface area contributed by atoms with Gasteiger partial charge in [-0.15, -0.1) is 0 Å². The molecule has 0 fully saturated rings. The summed E-state index contributed by atoms with van der Waals surface area (Å²) in [6.07, 6.45) is 3.04. The van der Waals surface area contributed by atoms with Crippen molar-refractivity contribution in [2.45, 2.75) is 25.3 Å². The van der Waals surface area contributed by atoms with Crippen molar-refractivity contribution in [1.29, 1.82) is 0 Å². The summed E-state index contributed by atoms with van der Waals surface area (Å²) in [5.74, 6) is 1.09. The Morgan fingerprint density at radius 3 is 2.65 bits per heavy atom. The molecule has 0 saturated carbocycles. The van der Waals surface area contributed by atoms with Crippen molar-refractivity contribution >= 4 is 5.82 Å². The molecular weight excluding hydrogens is 250 g/mol. The molecule has 3 rings (SSSR count). The number of nitrogens with one attached hydrogen (secondary N) is 1. The van der Waals surface area contributed by atoms with Crippen LogP contribution in [0.2, 0.25) is 0 Å². The lowest BCUT2D eigenvalue weighted by atomic mass is 10.1. The molecule has 20 heavy (non-hydrogen) atoms. The van der Waals surface area contributed by atoms with E-state index in [1.807, 2.05) is 11.7 Å². The fourth-order valence-corrected chi connectivity index (χ4v) is 2.86. The van der Waals surface area contributed by atoms with Gasteiger partial charge in [-0.2, -0.15) is 5.10 Å². The van der Waals surface area contributed by atoms with E-state index < -0.39 is 0 Å². The summed E-state index contributed by atoms with van der Waals surface area (Å²) >= 11 is 0. The smallest absolute Gasteiger partial charge is 0.124 e. The molecule has 106 valence electrons. The molecule has 1 aliphatic rings. The van der Waals surface area contributed by atoms with Crippen LogP contribution in [0.25, 0.3) is 0 Å². The first-order valence-corrected chi connectivity index (χ1v) is 7.11. The van der Waals surface area contributed by atoms with Gasteiger partial charge in [-0.3, -0.25) is 4.68 Å². The van der Waals surface area contributed by atoms with E-state index in [1.165, 1.54) is 11.1 Å². The molecule has 0 spiro atoms. The summed E-state index contributed by atoms with van der Waals surface area (Å²) in [4.78, 5) is 0. The number of anilines is 1. The molecule has 4 heteroatoms. The molecule has 1 aromatic heterocycles. The second-order valence-corrected chi connectivity index (χ2v) is 5.41. The van der Waals surface area contributed by atoms with Crippen molar-refractivity contribution in [1.82, 2.24) is 9.78 Å². The molecule has 1 heterocycles. The van der Waals surface area contributed by atoms with Gasteiger partial charge in [0.05, 0.1) is 12.3 Å². The Hall–Kier alpha value is -1.81. The Labute approximate surface area is 119 Å². The molecular formula is C16H21N3O. The zero-order chi connectivity index (χ0) is 13.9. The molecule has 0 amide bonds. The van der Waals surface area contributed by atoms with Crippen LogP contribution in [-0.4, -0.2) is 29.5 Å². The van der Waals surface area contributed by atoms with E-state index in [0.717, 1.165) is 30.8 Å². The van der Waals surface area contributed by atoms with Crippen LogP contribution in [0, 0.1) is 0 Å². The lowest BCUT2D eigenvalue weighted by Crippen LogP contribution is -2.21. The molecule has 0 aliphatic heterocycles. The van der Waals surface area contributed by atoms with Crippen molar-refractivity contribution in [2.24, 2.45) is 7.05 Å². The molecule has 4 nitrogen and oxygen atoms in total. The predicted molar refractivity (Wildman–Crippen MR) is 80.0 cm³/mol. The predicted octanol–water partition coefficient (Wildman–Crippen LogP) is 2.19. The minimum Gasteiger partial charge on any atom is -0.384 e. The van der Waals surface area contributed by atoms with Crippen LogP contribution in [0.5, 0.6) is 0 Å². The molecule has 0 unspecified atom stereocenters. The number of benzene rings is 1. The number of hydrogen-bond acceptors (Lipinski definition) is 3. The van der Waals surface area contributed by atoms with Crippen LogP contribution in [-0.2, 0) is 31.0 Å². The van der Waals surface area contributed by atoms with Gasteiger partial charge in [0.2, 0.25) is 0 Å². The Kier molecular flexibility index (Phi) is 3.74. The summed E-state index contributed by atoms with van der Waals surface area (Å²) in [6.45, 7) is 0.714. The molecule has 0 bridgehead atoms. The third-order valence-corrected chi connectivity index (χ3v) is 3.90. The topological polar surface area (TPSA) is 39.1 Å². The highest BCUT2D eigenvalue weighted by Crippen LogP contribution is 2.24. The van der Waals surface area contributed by atoms with Gasteiger partial charge in [0, 0.05) is 32.7 Å². The normalized spacial score (nSPS) is 14.5. The second kappa shape index (κ2) is 5.67. The van der Waals surface area contributed by atoms with E-state index in [2.05, 4.69) is 40.7 Å². The average molecular weight is 271 g/mol. The molecule has 1 N–H and O–H groups in total. The number of methoxy groups -OCH3 is 1. The van der Waals surface area contributed by atoms with Crippen molar-refractivity contribution < 1.29 is 4.74 Å². The monoisotopic (exact) mass is 271 g/mol. The SMILES string of the molecule is COCCc1cc(NC2Cc3ccccc3C2)n(C)n1. The summed E-state index contributed by atoms with van der Waals surface area (Å²) in [5.41, 5.74) is 4.01. The Balaban J connectivity index is 1.66. The molecule has 0 saturated heterocycles. The van der Waals surface area contributed by atoms with Crippen molar-refractivity contribution in [3.8, 4) is 0 Å². The van der Waals surface area contributed by atoms with E-state index in [0.29, 0.717) is 12.6 Å². The minimum absolute atomic E-state index is 0.470. The minimum atomic E-state index is 0.470. The van der Waals surface area contributed by atoms with E-state index in [9.17, 15) is 0 Å². The first kappa shape index (κ1) is 13.2. The highest BCUT2D eigenvalue weighted by atomic mass is 16.5. The van der Waals surface area contributed by atoms with Crippen LogP contribution in [0.1, 0.15) is 16.8 Å². The number of nitrogens with zero attached hydrogens (tertiary/aromatic N) is 2. The Morgan fingerprint density at radius 1 is 1.30 bits per heavy atom. The van der Waals surface area contributed by atoms with Crippen LogP contribution in [0.3, 0.4) is 0 Å². The number of aromatic nitrogens is 2. The van der Waals surface area contributed by atoms with Gasteiger partial charge in [-0.1, -0.05) is 24.3 Å². The summed E-state index contributed by atoms with van der Waals surface area (Å²) in [7, 11) is 3.71. The Morgan fingerprint density at radius 2 is 2.00 bits per heavy atom. The van der Waals surface area contributed by atoms with Crippen molar-refractivity contribution in [3.05, 3.63) is 47.2 Å². The van der Waals surface area contributed by atoms with Crippen molar-refractivity contribution in [2.75, 3.05) is 19.0 Å². The van der Waals surface area contributed by atoms with Crippen LogP contribution >= 0.6 is 0 Å². The molecule has 0 atom stereocenters. The fourth-order valence-electron chi connectivity index (χ4n) is 2.86. The molecule has 1 aromatic carbocycles. The maximum Gasteiger partial charge on any atom is 0.124 e. The lowest BCUT2D eigenvalue weighted by molar-refractivity contribution is 0.201. The number of ether oxygens (including phenoxy) is 1. The van der Waals surface area contributed by atoms with Gasteiger partial charge in [-0.05, 0) is 24.0 Å². The maximum absolute atomic E-state index is 5.10. The zero-order valence-corrected chi connectivity index (χ0v) is 12.1. The fraction of sp³-hybridized carbons (Fsp3) is 0.438. The quantitative estimate of drug-likeness (QED) is 0.906. The number of aryl methyl sites for hydroxylation is 1. The van der Waals surface area contributed by atoms with Gasteiger partial charge in [0.25, 0.3) is 0 Å². The second-order valence-electron chi connectivity index (χ2n) is 5.41. The average Bonchev–Trinajstić information content (AvgIpc) is 3.00. The summed E-state index contributed by atoms with van der Waals surface area (Å²) < 4.78 is 7.03. The lowest BCUT2D eigenvalue weighted by Gasteiger charge is -2.13. The first-order valence-electron chi connectivity index (χ1n) is 7.11.